The molecule has 1 aromatic heterocycles. The van der Waals surface area contributed by atoms with Gasteiger partial charge >= 0.3 is 5.97 Å². The highest BCUT2D eigenvalue weighted by atomic mass is 16.5. The molecule has 106 valence electrons. The van der Waals surface area contributed by atoms with Gasteiger partial charge in [0, 0.05) is 6.61 Å². The number of nitrogens with zero attached hydrogens (tertiary/aromatic N) is 4. The third-order valence-electron chi connectivity index (χ3n) is 3.56. The Hall–Kier alpha value is -1.50. The third kappa shape index (κ3) is 2.91. The molecular formula is C12H20N4O3. The minimum atomic E-state index is -0.836. The fraction of sp³-hybridized carbons (Fsp3) is 0.833. The zero-order chi connectivity index (χ0) is 13.9. The average Bonchev–Trinajstić information content (AvgIpc) is 2.96. The zero-order valence-corrected chi connectivity index (χ0v) is 11.4. The van der Waals surface area contributed by atoms with Crippen molar-refractivity contribution in [3.8, 4) is 0 Å². The Balaban J connectivity index is 2.27. The molecule has 2 rings (SSSR count). The van der Waals surface area contributed by atoms with Gasteiger partial charge in [0.2, 0.25) is 0 Å². The number of ether oxygens (including phenoxy) is 1. The SMILES string of the molecule is CCCC(CC(=O)O)n1nnnc1C1(C)CCCO1. The number of carboxylic acid groups (broad SMARTS) is 1. The predicted molar refractivity (Wildman–Crippen MR) is 66.6 cm³/mol. The van der Waals surface area contributed by atoms with Crippen molar-refractivity contribution >= 4 is 5.97 Å². The van der Waals surface area contributed by atoms with Crippen molar-refractivity contribution in [2.24, 2.45) is 0 Å². The lowest BCUT2D eigenvalue weighted by Crippen LogP contribution is -2.28. The van der Waals surface area contributed by atoms with E-state index in [4.69, 9.17) is 9.84 Å². The van der Waals surface area contributed by atoms with E-state index in [1.807, 2.05) is 13.8 Å². The Labute approximate surface area is 111 Å². The van der Waals surface area contributed by atoms with Gasteiger partial charge in [-0.05, 0) is 36.6 Å². The van der Waals surface area contributed by atoms with E-state index in [1.54, 1.807) is 4.68 Å². The second-order valence-electron chi connectivity index (χ2n) is 5.17. The van der Waals surface area contributed by atoms with Gasteiger partial charge in [0.1, 0.15) is 5.60 Å². The number of hydrogen-bond acceptors (Lipinski definition) is 5. The topological polar surface area (TPSA) is 90.1 Å². The maximum atomic E-state index is 11.0. The van der Waals surface area contributed by atoms with Crippen molar-refractivity contribution in [1.29, 1.82) is 0 Å². The summed E-state index contributed by atoms with van der Waals surface area (Å²) in [5.74, 6) is -0.193. The summed E-state index contributed by atoms with van der Waals surface area (Å²) >= 11 is 0. The molecule has 2 atom stereocenters. The van der Waals surface area contributed by atoms with Crippen molar-refractivity contribution in [2.45, 2.75) is 57.6 Å². The largest absolute Gasteiger partial charge is 0.481 e. The monoisotopic (exact) mass is 268 g/mol. The van der Waals surface area contributed by atoms with Crippen LogP contribution >= 0.6 is 0 Å². The van der Waals surface area contributed by atoms with Gasteiger partial charge in [-0.25, -0.2) is 4.68 Å². The zero-order valence-electron chi connectivity index (χ0n) is 11.4. The van der Waals surface area contributed by atoms with Crippen LogP contribution in [0.2, 0.25) is 0 Å². The van der Waals surface area contributed by atoms with Gasteiger partial charge in [-0.15, -0.1) is 5.10 Å². The van der Waals surface area contributed by atoms with Crippen LogP contribution in [-0.4, -0.2) is 37.9 Å². The molecule has 0 bridgehead atoms. The van der Waals surface area contributed by atoms with E-state index in [1.165, 1.54) is 0 Å². The molecule has 7 heteroatoms. The van der Waals surface area contributed by atoms with Gasteiger partial charge in [-0.3, -0.25) is 4.79 Å². The maximum absolute atomic E-state index is 11.0. The van der Waals surface area contributed by atoms with E-state index in [0.717, 1.165) is 25.7 Å². The van der Waals surface area contributed by atoms with E-state index >= 15 is 0 Å². The summed E-state index contributed by atoms with van der Waals surface area (Å²) in [6.45, 7) is 4.68. The first kappa shape index (κ1) is 13.9. The first-order valence-corrected chi connectivity index (χ1v) is 6.71. The highest BCUT2D eigenvalue weighted by molar-refractivity contribution is 5.67. The van der Waals surface area contributed by atoms with Gasteiger partial charge in [0.25, 0.3) is 0 Å². The molecule has 0 aliphatic carbocycles. The molecule has 0 radical (unpaired) electrons. The number of carbonyl (C=O) groups is 1. The van der Waals surface area contributed by atoms with E-state index in [2.05, 4.69) is 15.5 Å². The Morgan fingerprint density at radius 1 is 1.63 bits per heavy atom. The quantitative estimate of drug-likeness (QED) is 0.841. The molecular weight excluding hydrogens is 248 g/mol. The van der Waals surface area contributed by atoms with Crippen LogP contribution in [0.25, 0.3) is 0 Å². The van der Waals surface area contributed by atoms with Crippen LogP contribution in [0.1, 0.15) is 57.8 Å². The Morgan fingerprint density at radius 3 is 3.00 bits per heavy atom. The summed E-state index contributed by atoms with van der Waals surface area (Å²) in [5, 5.41) is 20.8. The molecule has 0 saturated carbocycles. The Bertz CT molecular complexity index is 440. The summed E-state index contributed by atoms with van der Waals surface area (Å²) in [6.07, 6.45) is 3.48. The Kier molecular flexibility index (Phi) is 4.14. The van der Waals surface area contributed by atoms with Gasteiger partial charge in [-0.2, -0.15) is 0 Å². The van der Waals surface area contributed by atoms with Gasteiger partial charge < -0.3 is 9.84 Å². The van der Waals surface area contributed by atoms with Crippen molar-refractivity contribution < 1.29 is 14.6 Å². The molecule has 1 aliphatic rings. The smallest absolute Gasteiger partial charge is 0.305 e. The van der Waals surface area contributed by atoms with Gasteiger partial charge in [-0.1, -0.05) is 13.3 Å². The average molecular weight is 268 g/mol. The van der Waals surface area contributed by atoms with Crippen molar-refractivity contribution in [1.82, 2.24) is 20.2 Å². The second kappa shape index (κ2) is 5.64. The first-order valence-electron chi connectivity index (χ1n) is 6.71. The summed E-state index contributed by atoms with van der Waals surface area (Å²) < 4.78 is 7.39. The molecule has 0 spiro atoms. The minimum absolute atomic E-state index is 0.0297. The molecule has 1 saturated heterocycles. The van der Waals surface area contributed by atoms with Crippen LogP contribution in [0.15, 0.2) is 0 Å². The minimum Gasteiger partial charge on any atom is -0.481 e. The lowest BCUT2D eigenvalue weighted by molar-refractivity contribution is -0.138. The Morgan fingerprint density at radius 2 is 2.42 bits per heavy atom. The highest BCUT2D eigenvalue weighted by Gasteiger charge is 2.38. The number of aromatic nitrogens is 4. The standard InChI is InChI=1S/C12H20N4O3/c1-3-5-9(8-10(17)18)16-11(13-14-15-16)12(2)6-4-7-19-12/h9H,3-8H2,1-2H3,(H,17,18). The van der Waals surface area contributed by atoms with Gasteiger partial charge in [0.05, 0.1) is 12.5 Å². The van der Waals surface area contributed by atoms with Crippen LogP contribution < -0.4 is 0 Å². The lowest BCUT2D eigenvalue weighted by Gasteiger charge is -2.24. The molecule has 2 heterocycles. The fourth-order valence-corrected chi connectivity index (χ4v) is 2.59. The normalized spacial score (nSPS) is 24.5. The number of hydrogen-bond donors (Lipinski definition) is 1. The number of rotatable bonds is 6. The van der Waals surface area contributed by atoms with Crippen LogP contribution in [0, 0.1) is 0 Å². The molecule has 7 nitrogen and oxygen atoms in total. The van der Waals surface area contributed by atoms with Crippen molar-refractivity contribution in [3.63, 3.8) is 0 Å². The van der Waals surface area contributed by atoms with Crippen LogP contribution in [-0.2, 0) is 15.1 Å². The van der Waals surface area contributed by atoms with E-state index in [0.29, 0.717) is 12.4 Å². The molecule has 19 heavy (non-hydrogen) atoms. The molecule has 1 fully saturated rings. The van der Waals surface area contributed by atoms with E-state index in [9.17, 15) is 4.79 Å². The summed E-state index contributed by atoms with van der Waals surface area (Å²) in [5.41, 5.74) is -0.492. The maximum Gasteiger partial charge on any atom is 0.305 e. The third-order valence-corrected chi connectivity index (χ3v) is 3.56. The number of carboxylic acids is 1. The molecule has 1 aliphatic heterocycles. The van der Waals surface area contributed by atoms with Crippen molar-refractivity contribution in [3.05, 3.63) is 5.82 Å². The van der Waals surface area contributed by atoms with Crippen LogP contribution in [0.3, 0.4) is 0 Å². The predicted octanol–water partition coefficient (Wildman–Crippen LogP) is 1.51. The summed E-state index contributed by atoms with van der Waals surface area (Å²) in [4.78, 5) is 11.0. The fourth-order valence-electron chi connectivity index (χ4n) is 2.59. The van der Waals surface area contributed by atoms with Crippen LogP contribution in [0.4, 0.5) is 0 Å². The first-order chi connectivity index (χ1) is 9.07. The number of aliphatic carboxylic acids is 1. The summed E-state index contributed by atoms with van der Waals surface area (Å²) in [7, 11) is 0. The summed E-state index contributed by atoms with van der Waals surface area (Å²) in [6, 6.07) is -0.214. The van der Waals surface area contributed by atoms with E-state index in [-0.39, 0.29) is 12.5 Å². The molecule has 2 unspecified atom stereocenters. The molecule has 0 amide bonds. The number of tetrazole rings is 1. The van der Waals surface area contributed by atoms with Crippen molar-refractivity contribution in [2.75, 3.05) is 6.61 Å². The second-order valence-corrected chi connectivity index (χ2v) is 5.17. The molecule has 1 N–H and O–H groups in total. The highest BCUT2D eigenvalue weighted by Crippen LogP contribution is 2.35. The van der Waals surface area contributed by atoms with E-state index < -0.39 is 11.6 Å². The molecule has 0 aromatic carbocycles. The molecule has 1 aromatic rings. The van der Waals surface area contributed by atoms with Gasteiger partial charge in [0.15, 0.2) is 5.82 Å². The van der Waals surface area contributed by atoms with Crippen LogP contribution in [0.5, 0.6) is 0 Å². The lowest BCUT2D eigenvalue weighted by atomic mass is 10.0.